The fourth-order valence-electron chi connectivity index (χ4n) is 1.24. The second-order valence-electron chi connectivity index (χ2n) is 2.84. The van der Waals surface area contributed by atoms with Gasteiger partial charge < -0.3 is 9.72 Å². The van der Waals surface area contributed by atoms with Gasteiger partial charge in [0, 0.05) is 18.0 Å². The Bertz CT molecular complexity index is 429. The Balaban J connectivity index is 2.27. The molecule has 0 amide bonds. The maximum Gasteiger partial charge on any atom is 0.387 e. The van der Waals surface area contributed by atoms with Crippen molar-refractivity contribution in [1.82, 2.24) is 9.97 Å². The molecule has 0 radical (unpaired) electrons. The molecule has 5 heteroatoms. The number of hydrogen-bond donors (Lipinski definition) is 1. The molecule has 0 saturated carbocycles. The van der Waals surface area contributed by atoms with Crippen LogP contribution in [0.4, 0.5) is 8.78 Å². The van der Waals surface area contributed by atoms with E-state index in [1.807, 2.05) is 0 Å². The lowest BCUT2D eigenvalue weighted by Crippen LogP contribution is -2.01. The van der Waals surface area contributed by atoms with Gasteiger partial charge in [0.1, 0.15) is 11.6 Å². The van der Waals surface area contributed by atoms with Gasteiger partial charge in [-0.3, -0.25) is 0 Å². The normalized spacial score (nSPS) is 10.6. The van der Waals surface area contributed by atoms with Gasteiger partial charge in [-0.2, -0.15) is 8.78 Å². The highest BCUT2D eigenvalue weighted by atomic mass is 19.3. The molecular formula is C10H8F2N2O. The van der Waals surface area contributed by atoms with Gasteiger partial charge in [0.25, 0.3) is 0 Å². The van der Waals surface area contributed by atoms with Crippen LogP contribution in [0.2, 0.25) is 0 Å². The molecule has 1 heterocycles. The number of nitrogens with zero attached hydrogens (tertiary/aromatic N) is 1. The Morgan fingerprint density at radius 2 is 2.20 bits per heavy atom. The highest BCUT2D eigenvalue weighted by Gasteiger charge is 2.06. The molecule has 0 spiro atoms. The molecule has 0 fully saturated rings. The highest BCUT2D eigenvalue weighted by molar-refractivity contribution is 5.57. The molecular weight excluding hydrogens is 202 g/mol. The molecule has 1 aromatic heterocycles. The fraction of sp³-hybridized carbons (Fsp3) is 0.100. The van der Waals surface area contributed by atoms with Gasteiger partial charge in [-0.1, -0.05) is 12.1 Å². The monoisotopic (exact) mass is 210 g/mol. The number of hydrogen-bond acceptors (Lipinski definition) is 2. The van der Waals surface area contributed by atoms with Crippen LogP contribution in [-0.4, -0.2) is 16.6 Å². The molecule has 0 unspecified atom stereocenters. The molecule has 1 N–H and O–H groups in total. The highest BCUT2D eigenvalue weighted by Crippen LogP contribution is 2.21. The summed E-state index contributed by atoms with van der Waals surface area (Å²) < 4.78 is 28.2. The van der Waals surface area contributed by atoms with Crippen LogP contribution in [0.3, 0.4) is 0 Å². The number of aromatic amines is 1. The van der Waals surface area contributed by atoms with Crippen LogP contribution in [0.5, 0.6) is 5.75 Å². The molecule has 0 aliphatic heterocycles. The third kappa shape index (κ3) is 2.31. The van der Waals surface area contributed by atoms with E-state index in [0.29, 0.717) is 11.4 Å². The first kappa shape index (κ1) is 9.64. The lowest BCUT2D eigenvalue weighted by Gasteiger charge is -2.05. The van der Waals surface area contributed by atoms with E-state index in [9.17, 15) is 8.78 Å². The number of rotatable bonds is 3. The van der Waals surface area contributed by atoms with Crippen molar-refractivity contribution in [3.63, 3.8) is 0 Å². The van der Waals surface area contributed by atoms with Crippen molar-refractivity contribution in [1.29, 1.82) is 0 Å². The summed E-state index contributed by atoms with van der Waals surface area (Å²) in [5, 5.41) is 0. The number of halogens is 2. The predicted molar refractivity (Wildman–Crippen MR) is 50.7 cm³/mol. The maximum absolute atomic E-state index is 11.9. The zero-order chi connectivity index (χ0) is 10.7. The van der Waals surface area contributed by atoms with E-state index >= 15 is 0 Å². The van der Waals surface area contributed by atoms with Crippen molar-refractivity contribution in [2.75, 3.05) is 0 Å². The Labute approximate surface area is 84.7 Å². The average Bonchev–Trinajstić information content (AvgIpc) is 2.69. The second kappa shape index (κ2) is 4.08. The van der Waals surface area contributed by atoms with Gasteiger partial charge in [-0.15, -0.1) is 0 Å². The predicted octanol–water partition coefficient (Wildman–Crippen LogP) is 2.68. The Hall–Kier alpha value is -1.91. The lowest BCUT2D eigenvalue weighted by molar-refractivity contribution is -0.0498. The van der Waals surface area contributed by atoms with Gasteiger partial charge in [0.15, 0.2) is 0 Å². The molecule has 0 saturated heterocycles. The summed E-state index contributed by atoms with van der Waals surface area (Å²) in [6.07, 6.45) is 3.26. The molecule has 2 rings (SSSR count). The summed E-state index contributed by atoms with van der Waals surface area (Å²) in [5.74, 6) is 0.744. The van der Waals surface area contributed by atoms with E-state index in [2.05, 4.69) is 14.7 Å². The molecule has 0 aliphatic rings. The smallest absolute Gasteiger partial charge is 0.387 e. The zero-order valence-electron chi connectivity index (χ0n) is 7.65. The van der Waals surface area contributed by atoms with E-state index in [1.54, 1.807) is 24.5 Å². The first-order chi connectivity index (χ1) is 7.25. The fourth-order valence-corrected chi connectivity index (χ4v) is 1.24. The SMILES string of the molecule is FC(F)Oc1cccc(-c2ncc[nH]2)c1. The van der Waals surface area contributed by atoms with Crippen LogP contribution in [0.15, 0.2) is 36.7 Å². The Morgan fingerprint density at radius 1 is 1.33 bits per heavy atom. The summed E-state index contributed by atoms with van der Waals surface area (Å²) in [6.45, 7) is -2.81. The van der Waals surface area contributed by atoms with Crippen molar-refractivity contribution in [3.8, 4) is 17.1 Å². The maximum atomic E-state index is 11.9. The lowest BCUT2D eigenvalue weighted by atomic mass is 10.2. The summed E-state index contributed by atoms with van der Waals surface area (Å²) in [7, 11) is 0. The van der Waals surface area contributed by atoms with Gasteiger partial charge in [0.05, 0.1) is 0 Å². The molecule has 3 nitrogen and oxygen atoms in total. The minimum Gasteiger partial charge on any atom is -0.435 e. The number of benzene rings is 1. The molecule has 0 atom stereocenters. The number of aromatic nitrogens is 2. The van der Waals surface area contributed by atoms with E-state index < -0.39 is 6.61 Å². The third-order valence-corrected chi connectivity index (χ3v) is 1.83. The molecule has 78 valence electrons. The molecule has 1 aromatic carbocycles. The number of H-pyrrole nitrogens is 1. The van der Waals surface area contributed by atoms with Crippen LogP contribution in [0, 0.1) is 0 Å². The molecule has 0 aliphatic carbocycles. The summed E-state index contributed by atoms with van der Waals surface area (Å²) in [6, 6.07) is 6.37. The summed E-state index contributed by atoms with van der Waals surface area (Å²) in [4.78, 5) is 6.89. The topological polar surface area (TPSA) is 37.9 Å². The van der Waals surface area contributed by atoms with Crippen molar-refractivity contribution < 1.29 is 13.5 Å². The zero-order valence-corrected chi connectivity index (χ0v) is 7.65. The molecule has 0 bridgehead atoms. The van der Waals surface area contributed by atoms with E-state index in [1.165, 1.54) is 12.1 Å². The van der Waals surface area contributed by atoms with Crippen LogP contribution < -0.4 is 4.74 Å². The van der Waals surface area contributed by atoms with Crippen LogP contribution in [0.25, 0.3) is 11.4 Å². The first-order valence-corrected chi connectivity index (χ1v) is 4.30. The van der Waals surface area contributed by atoms with Crippen molar-refractivity contribution in [3.05, 3.63) is 36.7 Å². The number of nitrogens with one attached hydrogen (secondary N) is 1. The van der Waals surface area contributed by atoms with E-state index in [-0.39, 0.29) is 5.75 Å². The minimum absolute atomic E-state index is 0.124. The largest absolute Gasteiger partial charge is 0.435 e. The van der Waals surface area contributed by atoms with E-state index in [4.69, 9.17) is 0 Å². The van der Waals surface area contributed by atoms with Crippen LogP contribution in [0.1, 0.15) is 0 Å². The average molecular weight is 210 g/mol. The molecule has 15 heavy (non-hydrogen) atoms. The van der Waals surface area contributed by atoms with Gasteiger partial charge in [-0.25, -0.2) is 4.98 Å². The second-order valence-corrected chi connectivity index (χ2v) is 2.84. The Kier molecular flexibility index (Phi) is 2.62. The third-order valence-electron chi connectivity index (χ3n) is 1.83. The van der Waals surface area contributed by atoms with Crippen molar-refractivity contribution >= 4 is 0 Å². The standard InChI is InChI=1S/C10H8F2N2O/c11-10(12)15-8-3-1-2-7(6-8)9-13-4-5-14-9/h1-6,10H,(H,13,14). The number of imidazole rings is 1. The quantitative estimate of drug-likeness (QED) is 0.845. The van der Waals surface area contributed by atoms with Gasteiger partial charge >= 0.3 is 6.61 Å². The van der Waals surface area contributed by atoms with Gasteiger partial charge in [0.2, 0.25) is 0 Å². The Morgan fingerprint density at radius 3 is 2.87 bits per heavy atom. The summed E-state index contributed by atoms with van der Waals surface area (Å²) >= 11 is 0. The van der Waals surface area contributed by atoms with Crippen LogP contribution in [-0.2, 0) is 0 Å². The first-order valence-electron chi connectivity index (χ1n) is 4.30. The van der Waals surface area contributed by atoms with Gasteiger partial charge in [-0.05, 0) is 12.1 Å². The van der Waals surface area contributed by atoms with Crippen LogP contribution >= 0.6 is 0 Å². The number of ether oxygens (including phenoxy) is 1. The molecule has 2 aromatic rings. The minimum atomic E-state index is -2.81. The number of alkyl halides is 2. The summed E-state index contributed by atoms with van der Waals surface area (Å²) in [5.41, 5.74) is 0.707. The van der Waals surface area contributed by atoms with Crippen molar-refractivity contribution in [2.24, 2.45) is 0 Å². The van der Waals surface area contributed by atoms with E-state index in [0.717, 1.165) is 0 Å². The van der Waals surface area contributed by atoms with Crippen molar-refractivity contribution in [2.45, 2.75) is 6.61 Å².